The lowest BCUT2D eigenvalue weighted by Crippen LogP contribution is -2.36. The van der Waals surface area contributed by atoms with Crippen LogP contribution < -0.4 is 10.2 Å². The van der Waals surface area contributed by atoms with Crippen molar-refractivity contribution in [3.8, 4) is 0 Å². The molecule has 4 nitrogen and oxygen atoms in total. The van der Waals surface area contributed by atoms with Crippen molar-refractivity contribution >= 4 is 17.3 Å². The predicted molar refractivity (Wildman–Crippen MR) is 88.6 cm³/mol. The number of carbonyl (C=O) groups excluding carboxylic acids is 1. The van der Waals surface area contributed by atoms with Crippen LogP contribution in [-0.2, 0) is 4.74 Å². The molecule has 3 rings (SSSR count). The fourth-order valence-corrected chi connectivity index (χ4v) is 2.64. The number of aryl methyl sites for hydroxylation is 1. The van der Waals surface area contributed by atoms with E-state index in [4.69, 9.17) is 4.74 Å². The highest BCUT2D eigenvalue weighted by atomic mass is 19.1. The van der Waals surface area contributed by atoms with E-state index < -0.39 is 5.82 Å². The number of nitrogens with one attached hydrogen (secondary N) is 1. The van der Waals surface area contributed by atoms with Gasteiger partial charge in [-0.3, -0.25) is 4.79 Å². The maximum Gasteiger partial charge on any atom is 0.255 e. The fraction of sp³-hybridized carbons (Fsp3) is 0.278. The topological polar surface area (TPSA) is 41.6 Å². The van der Waals surface area contributed by atoms with Crippen LogP contribution in [0, 0.1) is 12.7 Å². The van der Waals surface area contributed by atoms with Gasteiger partial charge in [0.25, 0.3) is 5.91 Å². The summed E-state index contributed by atoms with van der Waals surface area (Å²) in [6, 6.07) is 11.9. The first-order chi connectivity index (χ1) is 11.1. The van der Waals surface area contributed by atoms with Gasteiger partial charge >= 0.3 is 0 Å². The molecule has 0 spiro atoms. The number of anilines is 2. The fourth-order valence-electron chi connectivity index (χ4n) is 2.64. The molecule has 1 aliphatic rings. The number of nitrogens with zero attached hydrogens (tertiary/aromatic N) is 1. The maximum absolute atomic E-state index is 13.9. The number of benzene rings is 2. The van der Waals surface area contributed by atoms with Gasteiger partial charge in [-0.15, -0.1) is 0 Å². The van der Waals surface area contributed by atoms with Crippen molar-refractivity contribution < 1.29 is 13.9 Å². The molecular formula is C18H19FN2O2. The molecule has 1 fully saturated rings. The van der Waals surface area contributed by atoms with E-state index in [9.17, 15) is 9.18 Å². The van der Waals surface area contributed by atoms with Crippen LogP contribution in [0.25, 0.3) is 0 Å². The summed E-state index contributed by atoms with van der Waals surface area (Å²) in [6.07, 6.45) is 0. The summed E-state index contributed by atoms with van der Waals surface area (Å²) in [5, 5.41) is 2.81. The van der Waals surface area contributed by atoms with Gasteiger partial charge in [0.15, 0.2) is 0 Å². The van der Waals surface area contributed by atoms with Gasteiger partial charge in [-0.1, -0.05) is 12.1 Å². The lowest BCUT2D eigenvalue weighted by atomic mass is 10.1. The summed E-state index contributed by atoms with van der Waals surface area (Å²) in [5.41, 5.74) is 2.78. The average Bonchev–Trinajstić information content (AvgIpc) is 2.55. The number of hydrogen-bond donors (Lipinski definition) is 1. The van der Waals surface area contributed by atoms with Crippen LogP contribution in [0.5, 0.6) is 0 Å². The molecule has 0 atom stereocenters. The Balaban J connectivity index is 1.81. The van der Waals surface area contributed by atoms with E-state index in [-0.39, 0.29) is 5.91 Å². The van der Waals surface area contributed by atoms with E-state index in [0.717, 1.165) is 5.56 Å². The Bertz CT molecular complexity index is 712. The highest BCUT2D eigenvalue weighted by molar-refractivity contribution is 6.04. The van der Waals surface area contributed by atoms with Crippen LogP contribution >= 0.6 is 0 Å². The van der Waals surface area contributed by atoms with Crippen LogP contribution in [0.2, 0.25) is 0 Å². The Morgan fingerprint density at radius 3 is 2.70 bits per heavy atom. The molecule has 2 aromatic carbocycles. The van der Waals surface area contributed by atoms with Crippen molar-refractivity contribution in [3.63, 3.8) is 0 Å². The largest absolute Gasteiger partial charge is 0.378 e. The zero-order valence-electron chi connectivity index (χ0n) is 13.0. The Hall–Kier alpha value is -2.40. The Morgan fingerprint density at radius 1 is 1.17 bits per heavy atom. The van der Waals surface area contributed by atoms with Gasteiger partial charge in [0.2, 0.25) is 0 Å². The second kappa shape index (κ2) is 6.79. The SMILES string of the molecule is Cc1cccc(NC(=O)c2cc(F)cc(N3CCOCC3)c2)c1. The number of hydrogen-bond acceptors (Lipinski definition) is 3. The molecule has 0 unspecified atom stereocenters. The molecule has 5 heteroatoms. The molecule has 1 saturated heterocycles. The van der Waals surface area contributed by atoms with Crippen molar-refractivity contribution in [2.45, 2.75) is 6.92 Å². The molecule has 23 heavy (non-hydrogen) atoms. The second-order valence-corrected chi connectivity index (χ2v) is 5.62. The minimum absolute atomic E-state index is 0.313. The summed E-state index contributed by atoms with van der Waals surface area (Å²) in [6.45, 7) is 4.57. The molecule has 0 aliphatic carbocycles. The van der Waals surface area contributed by atoms with E-state index in [1.165, 1.54) is 12.1 Å². The zero-order valence-corrected chi connectivity index (χ0v) is 13.0. The van der Waals surface area contributed by atoms with Crippen LogP contribution in [0.4, 0.5) is 15.8 Å². The van der Waals surface area contributed by atoms with Crippen molar-refractivity contribution in [3.05, 3.63) is 59.4 Å². The Kier molecular flexibility index (Phi) is 4.57. The second-order valence-electron chi connectivity index (χ2n) is 5.62. The number of rotatable bonds is 3. The summed E-state index contributed by atoms with van der Waals surface area (Å²) >= 11 is 0. The van der Waals surface area contributed by atoms with E-state index in [0.29, 0.717) is 43.2 Å². The molecule has 0 saturated carbocycles. The Morgan fingerprint density at radius 2 is 1.96 bits per heavy atom. The summed E-state index contributed by atoms with van der Waals surface area (Å²) in [5.74, 6) is -0.729. The summed E-state index contributed by atoms with van der Waals surface area (Å²) in [4.78, 5) is 14.4. The van der Waals surface area contributed by atoms with Crippen molar-refractivity contribution in [2.24, 2.45) is 0 Å². The van der Waals surface area contributed by atoms with Crippen LogP contribution in [0.1, 0.15) is 15.9 Å². The van der Waals surface area contributed by atoms with Gasteiger partial charge in [-0.05, 0) is 42.8 Å². The van der Waals surface area contributed by atoms with E-state index >= 15 is 0 Å². The van der Waals surface area contributed by atoms with Crippen LogP contribution in [0.3, 0.4) is 0 Å². The van der Waals surface area contributed by atoms with Gasteiger partial charge in [0.1, 0.15) is 5.82 Å². The number of morpholine rings is 1. The normalized spacial score (nSPS) is 14.6. The lowest BCUT2D eigenvalue weighted by Gasteiger charge is -2.29. The van der Waals surface area contributed by atoms with Gasteiger partial charge in [-0.25, -0.2) is 4.39 Å². The third-order valence-electron chi connectivity index (χ3n) is 3.80. The first-order valence-electron chi connectivity index (χ1n) is 7.63. The molecule has 0 bridgehead atoms. The maximum atomic E-state index is 13.9. The van der Waals surface area contributed by atoms with Gasteiger partial charge < -0.3 is 15.0 Å². The van der Waals surface area contributed by atoms with Gasteiger partial charge in [-0.2, -0.15) is 0 Å². The van der Waals surface area contributed by atoms with Crippen molar-refractivity contribution in [1.29, 1.82) is 0 Å². The highest BCUT2D eigenvalue weighted by Crippen LogP contribution is 2.21. The van der Waals surface area contributed by atoms with E-state index in [1.54, 1.807) is 6.07 Å². The summed E-state index contributed by atoms with van der Waals surface area (Å²) in [7, 11) is 0. The van der Waals surface area contributed by atoms with Crippen LogP contribution in [0.15, 0.2) is 42.5 Å². The first-order valence-corrected chi connectivity index (χ1v) is 7.63. The molecular weight excluding hydrogens is 295 g/mol. The Labute approximate surface area is 134 Å². The molecule has 120 valence electrons. The number of amides is 1. The third-order valence-corrected chi connectivity index (χ3v) is 3.80. The highest BCUT2D eigenvalue weighted by Gasteiger charge is 2.15. The smallest absolute Gasteiger partial charge is 0.255 e. The predicted octanol–water partition coefficient (Wildman–Crippen LogP) is 3.22. The first kappa shape index (κ1) is 15.5. The monoisotopic (exact) mass is 314 g/mol. The van der Waals surface area contributed by atoms with E-state index in [1.807, 2.05) is 36.1 Å². The number of carbonyl (C=O) groups is 1. The quantitative estimate of drug-likeness (QED) is 0.946. The molecule has 1 amide bonds. The van der Waals surface area contributed by atoms with Crippen molar-refractivity contribution in [1.82, 2.24) is 0 Å². The zero-order chi connectivity index (χ0) is 16.2. The minimum atomic E-state index is -0.414. The molecule has 0 radical (unpaired) electrons. The standard InChI is InChI=1S/C18H19FN2O2/c1-13-3-2-4-16(9-13)20-18(22)14-10-15(19)12-17(11-14)21-5-7-23-8-6-21/h2-4,9-12H,5-8H2,1H3,(H,20,22). The molecule has 1 N–H and O–H groups in total. The lowest BCUT2D eigenvalue weighted by molar-refractivity contribution is 0.102. The minimum Gasteiger partial charge on any atom is -0.378 e. The summed E-state index contributed by atoms with van der Waals surface area (Å²) < 4.78 is 19.2. The van der Waals surface area contributed by atoms with Gasteiger partial charge in [0, 0.05) is 30.0 Å². The molecule has 1 aliphatic heterocycles. The van der Waals surface area contributed by atoms with Crippen molar-refractivity contribution in [2.75, 3.05) is 36.5 Å². The third kappa shape index (κ3) is 3.87. The number of halogens is 1. The van der Waals surface area contributed by atoms with E-state index in [2.05, 4.69) is 5.32 Å². The van der Waals surface area contributed by atoms with Crippen LogP contribution in [-0.4, -0.2) is 32.2 Å². The molecule has 2 aromatic rings. The number of ether oxygens (including phenoxy) is 1. The molecule has 0 aromatic heterocycles. The van der Waals surface area contributed by atoms with Gasteiger partial charge in [0.05, 0.1) is 13.2 Å². The average molecular weight is 314 g/mol. The molecule has 1 heterocycles.